The van der Waals surface area contributed by atoms with Gasteiger partial charge in [-0.3, -0.25) is 4.79 Å². The number of hydrogen-bond donors (Lipinski definition) is 1. The van der Waals surface area contributed by atoms with E-state index in [-0.39, 0.29) is 6.03 Å². The average molecular weight is 294 g/mol. The number of urea groups is 1. The van der Waals surface area contributed by atoms with E-state index in [9.17, 15) is 14.7 Å². The molecule has 0 aromatic rings. The first-order chi connectivity index (χ1) is 10.1. The van der Waals surface area contributed by atoms with Gasteiger partial charge in [-0.05, 0) is 38.0 Å². The molecule has 1 aliphatic carbocycles. The molecule has 0 radical (unpaired) electrons. The zero-order valence-corrected chi connectivity index (χ0v) is 12.9. The number of hydrogen-bond acceptors (Lipinski definition) is 2. The minimum atomic E-state index is -0.753. The predicted molar refractivity (Wildman–Crippen MR) is 79.0 cm³/mol. The highest BCUT2D eigenvalue weighted by Gasteiger charge is 2.47. The van der Waals surface area contributed by atoms with Gasteiger partial charge in [-0.25, -0.2) is 4.79 Å². The Kier molecular flexibility index (Phi) is 3.84. The maximum Gasteiger partial charge on any atom is 0.320 e. The van der Waals surface area contributed by atoms with Gasteiger partial charge < -0.3 is 14.9 Å². The molecule has 1 saturated carbocycles. The van der Waals surface area contributed by atoms with Gasteiger partial charge in [-0.15, -0.1) is 0 Å². The van der Waals surface area contributed by atoms with Gasteiger partial charge in [-0.1, -0.05) is 19.8 Å². The van der Waals surface area contributed by atoms with Crippen LogP contribution in [0, 0.1) is 11.3 Å². The van der Waals surface area contributed by atoms with Crippen LogP contribution < -0.4 is 0 Å². The first-order valence-corrected chi connectivity index (χ1v) is 8.36. The van der Waals surface area contributed by atoms with Crippen LogP contribution >= 0.6 is 0 Å². The molecule has 2 amide bonds. The van der Waals surface area contributed by atoms with Crippen LogP contribution in [0.3, 0.4) is 0 Å². The molecule has 3 atom stereocenters. The molecular formula is C16H26N2O3. The van der Waals surface area contributed by atoms with Crippen molar-refractivity contribution < 1.29 is 14.7 Å². The van der Waals surface area contributed by atoms with Crippen LogP contribution in [-0.2, 0) is 4.79 Å². The Morgan fingerprint density at radius 3 is 2.62 bits per heavy atom. The van der Waals surface area contributed by atoms with Crippen LogP contribution in [-0.4, -0.2) is 52.6 Å². The molecule has 3 rings (SSSR count). The molecule has 2 aliphatic heterocycles. The monoisotopic (exact) mass is 294 g/mol. The number of carboxylic acid groups (broad SMARTS) is 1. The summed E-state index contributed by atoms with van der Waals surface area (Å²) < 4.78 is 0. The molecule has 118 valence electrons. The lowest BCUT2D eigenvalue weighted by molar-refractivity contribution is -0.148. The molecule has 3 fully saturated rings. The molecule has 21 heavy (non-hydrogen) atoms. The number of likely N-dealkylation sites (tertiary alicyclic amines) is 2. The highest BCUT2D eigenvalue weighted by atomic mass is 16.4. The lowest BCUT2D eigenvalue weighted by Gasteiger charge is -2.34. The van der Waals surface area contributed by atoms with Crippen LogP contribution in [0.2, 0.25) is 0 Å². The second-order valence-electron chi connectivity index (χ2n) is 6.99. The molecule has 0 aromatic heterocycles. The van der Waals surface area contributed by atoms with Gasteiger partial charge in [-0.2, -0.15) is 0 Å². The van der Waals surface area contributed by atoms with Crippen molar-refractivity contribution in [3.63, 3.8) is 0 Å². The molecule has 0 aromatic carbocycles. The SMILES string of the molecule is CCC1(C(=O)O)CCN(C(=O)N2CCC3CCCCC32)C1. The fourth-order valence-electron chi connectivity index (χ4n) is 4.48. The molecule has 0 bridgehead atoms. The largest absolute Gasteiger partial charge is 0.481 e. The van der Waals surface area contributed by atoms with Crippen molar-refractivity contribution in [1.82, 2.24) is 9.80 Å². The smallest absolute Gasteiger partial charge is 0.320 e. The van der Waals surface area contributed by atoms with Crippen molar-refractivity contribution in [2.24, 2.45) is 11.3 Å². The second kappa shape index (κ2) is 5.50. The topological polar surface area (TPSA) is 60.9 Å². The maximum atomic E-state index is 12.8. The third-order valence-corrected chi connectivity index (χ3v) is 6.01. The van der Waals surface area contributed by atoms with Crippen molar-refractivity contribution in [3.8, 4) is 0 Å². The lowest BCUT2D eigenvalue weighted by Crippen LogP contribution is -2.47. The summed E-state index contributed by atoms with van der Waals surface area (Å²) in [6.07, 6.45) is 7.21. The van der Waals surface area contributed by atoms with E-state index in [1.807, 2.05) is 11.8 Å². The standard InChI is InChI=1S/C16H26N2O3/c1-2-16(14(19)20)8-10-17(11-16)15(21)18-9-7-12-5-3-4-6-13(12)18/h12-13H,2-11H2,1H3,(H,19,20). The highest BCUT2D eigenvalue weighted by molar-refractivity contribution is 5.80. The van der Waals surface area contributed by atoms with Crippen molar-refractivity contribution in [2.45, 2.75) is 57.9 Å². The Morgan fingerprint density at radius 2 is 1.95 bits per heavy atom. The number of amides is 2. The first-order valence-electron chi connectivity index (χ1n) is 8.36. The number of carbonyl (C=O) groups excluding carboxylic acids is 1. The number of fused-ring (bicyclic) bond motifs is 1. The summed E-state index contributed by atoms with van der Waals surface area (Å²) in [6, 6.07) is 0.494. The van der Waals surface area contributed by atoms with Gasteiger partial charge in [0.15, 0.2) is 0 Å². The fraction of sp³-hybridized carbons (Fsp3) is 0.875. The summed E-state index contributed by atoms with van der Waals surface area (Å²) in [5.74, 6) is -0.0713. The molecule has 0 spiro atoms. The van der Waals surface area contributed by atoms with E-state index in [4.69, 9.17) is 0 Å². The first kappa shape index (κ1) is 14.7. The molecule has 3 unspecified atom stereocenters. The predicted octanol–water partition coefficient (Wildman–Crippen LogP) is 2.56. The molecule has 5 heteroatoms. The van der Waals surface area contributed by atoms with Crippen LogP contribution in [0.5, 0.6) is 0 Å². The van der Waals surface area contributed by atoms with Crippen LogP contribution in [0.15, 0.2) is 0 Å². The van der Waals surface area contributed by atoms with E-state index in [2.05, 4.69) is 0 Å². The van der Waals surface area contributed by atoms with E-state index in [0.29, 0.717) is 37.9 Å². The van der Waals surface area contributed by atoms with Crippen LogP contribution in [0.25, 0.3) is 0 Å². The summed E-state index contributed by atoms with van der Waals surface area (Å²) >= 11 is 0. The Hall–Kier alpha value is -1.26. The number of rotatable bonds is 2. The van der Waals surface area contributed by atoms with Crippen molar-refractivity contribution in [1.29, 1.82) is 0 Å². The van der Waals surface area contributed by atoms with E-state index >= 15 is 0 Å². The van der Waals surface area contributed by atoms with E-state index in [0.717, 1.165) is 19.4 Å². The van der Waals surface area contributed by atoms with E-state index < -0.39 is 11.4 Å². The number of aliphatic carboxylic acids is 1. The fourth-order valence-corrected chi connectivity index (χ4v) is 4.48. The summed E-state index contributed by atoms with van der Waals surface area (Å²) in [5, 5.41) is 9.46. The Morgan fingerprint density at radius 1 is 1.19 bits per heavy atom. The van der Waals surface area contributed by atoms with E-state index in [1.54, 1.807) is 4.90 Å². The number of nitrogens with zero attached hydrogens (tertiary/aromatic N) is 2. The van der Waals surface area contributed by atoms with E-state index in [1.165, 1.54) is 19.3 Å². The molecule has 3 aliphatic rings. The zero-order valence-electron chi connectivity index (χ0n) is 12.9. The Labute approximate surface area is 126 Å². The molecule has 2 heterocycles. The summed E-state index contributed by atoms with van der Waals surface area (Å²) in [4.78, 5) is 28.1. The number of carbonyl (C=O) groups is 2. The van der Waals surface area contributed by atoms with Gasteiger partial charge in [0.1, 0.15) is 0 Å². The molecule has 1 N–H and O–H groups in total. The number of carboxylic acids is 1. The third kappa shape index (κ3) is 2.40. The lowest BCUT2D eigenvalue weighted by atomic mass is 9.84. The Bertz CT molecular complexity index is 439. The summed E-state index contributed by atoms with van der Waals surface area (Å²) in [7, 11) is 0. The minimum Gasteiger partial charge on any atom is -0.481 e. The minimum absolute atomic E-state index is 0.0842. The van der Waals surface area contributed by atoms with Gasteiger partial charge in [0.25, 0.3) is 0 Å². The molecule has 2 saturated heterocycles. The van der Waals surface area contributed by atoms with Gasteiger partial charge >= 0.3 is 12.0 Å². The summed E-state index contributed by atoms with van der Waals surface area (Å²) in [5.41, 5.74) is -0.721. The normalized spacial score (nSPS) is 35.9. The van der Waals surface area contributed by atoms with Crippen LogP contribution in [0.1, 0.15) is 51.9 Å². The van der Waals surface area contributed by atoms with Crippen molar-refractivity contribution in [3.05, 3.63) is 0 Å². The Balaban J connectivity index is 1.68. The summed E-state index contributed by atoms with van der Waals surface area (Å²) in [6.45, 7) is 3.74. The molecule has 5 nitrogen and oxygen atoms in total. The second-order valence-corrected chi connectivity index (χ2v) is 6.99. The van der Waals surface area contributed by atoms with Gasteiger partial charge in [0.2, 0.25) is 0 Å². The van der Waals surface area contributed by atoms with Gasteiger partial charge in [0.05, 0.1) is 5.41 Å². The maximum absolute atomic E-state index is 12.8. The van der Waals surface area contributed by atoms with Crippen molar-refractivity contribution >= 4 is 12.0 Å². The average Bonchev–Trinajstić information content (AvgIpc) is 3.12. The third-order valence-electron chi connectivity index (χ3n) is 6.01. The highest BCUT2D eigenvalue weighted by Crippen LogP contribution is 2.39. The quantitative estimate of drug-likeness (QED) is 0.851. The zero-order chi connectivity index (χ0) is 15.0. The van der Waals surface area contributed by atoms with Crippen LogP contribution in [0.4, 0.5) is 4.79 Å². The van der Waals surface area contributed by atoms with Crippen molar-refractivity contribution in [2.75, 3.05) is 19.6 Å². The van der Waals surface area contributed by atoms with Gasteiger partial charge in [0, 0.05) is 25.7 Å². The molecular weight excluding hydrogens is 268 g/mol.